The lowest BCUT2D eigenvalue weighted by Crippen LogP contribution is -2.27. The van der Waals surface area contributed by atoms with Crippen molar-refractivity contribution in [3.8, 4) is 5.69 Å². The molecule has 5 heteroatoms. The van der Waals surface area contributed by atoms with E-state index in [-0.39, 0.29) is 5.91 Å². The molecule has 0 aliphatic heterocycles. The van der Waals surface area contributed by atoms with Crippen molar-refractivity contribution in [2.24, 2.45) is 7.05 Å². The Balaban J connectivity index is 1.56. The average molecular weight is 294 g/mol. The molecule has 2 heterocycles. The highest BCUT2D eigenvalue weighted by atomic mass is 16.1. The van der Waals surface area contributed by atoms with Gasteiger partial charge in [0.05, 0.1) is 11.9 Å². The number of nitrogens with zero attached hydrogens (tertiary/aromatic N) is 3. The summed E-state index contributed by atoms with van der Waals surface area (Å²) in [6.07, 6.45) is 6.44. The molecule has 112 valence electrons. The SMILES string of the molecule is Cn1cccc1C(=O)NCCc1cnn(-c2ccccc2)c1. The third-order valence-electron chi connectivity index (χ3n) is 3.53. The van der Waals surface area contributed by atoms with Crippen molar-refractivity contribution in [2.75, 3.05) is 6.54 Å². The number of nitrogens with one attached hydrogen (secondary N) is 1. The maximum absolute atomic E-state index is 12.0. The first-order valence-electron chi connectivity index (χ1n) is 7.22. The molecule has 0 bridgehead atoms. The van der Waals surface area contributed by atoms with E-state index in [1.165, 1.54) is 0 Å². The van der Waals surface area contributed by atoms with Crippen LogP contribution in [0.4, 0.5) is 0 Å². The zero-order chi connectivity index (χ0) is 15.4. The van der Waals surface area contributed by atoms with Crippen LogP contribution in [-0.4, -0.2) is 26.8 Å². The topological polar surface area (TPSA) is 51.9 Å². The number of para-hydroxylation sites is 1. The van der Waals surface area contributed by atoms with Crippen molar-refractivity contribution in [1.82, 2.24) is 19.7 Å². The van der Waals surface area contributed by atoms with Gasteiger partial charge in [0, 0.05) is 26.0 Å². The second-order valence-corrected chi connectivity index (χ2v) is 5.14. The third-order valence-corrected chi connectivity index (χ3v) is 3.53. The van der Waals surface area contributed by atoms with Gasteiger partial charge in [-0.2, -0.15) is 5.10 Å². The molecule has 0 unspecified atom stereocenters. The average Bonchev–Trinajstić information content (AvgIpc) is 3.17. The molecule has 5 nitrogen and oxygen atoms in total. The van der Waals surface area contributed by atoms with Gasteiger partial charge in [-0.1, -0.05) is 18.2 Å². The van der Waals surface area contributed by atoms with E-state index in [0.717, 1.165) is 17.7 Å². The number of rotatable bonds is 5. The zero-order valence-electron chi connectivity index (χ0n) is 12.4. The van der Waals surface area contributed by atoms with E-state index in [4.69, 9.17) is 0 Å². The predicted molar refractivity (Wildman–Crippen MR) is 85.0 cm³/mol. The first-order chi connectivity index (χ1) is 10.7. The molecule has 2 aromatic heterocycles. The number of hydrogen-bond donors (Lipinski definition) is 1. The van der Waals surface area contributed by atoms with E-state index in [1.807, 2.05) is 77.4 Å². The van der Waals surface area contributed by atoms with Crippen molar-refractivity contribution in [3.05, 3.63) is 72.3 Å². The highest BCUT2D eigenvalue weighted by molar-refractivity contribution is 5.92. The molecule has 1 amide bonds. The van der Waals surface area contributed by atoms with Gasteiger partial charge < -0.3 is 9.88 Å². The van der Waals surface area contributed by atoms with Crippen LogP contribution in [0.5, 0.6) is 0 Å². The first kappa shape index (κ1) is 14.1. The fraction of sp³-hybridized carbons (Fsp3) is 0.176. The Morgan fingerprint density at radius 1 is 1.18 bits per heavy atom. The van der Waals surface area contributed by atoms with Gasteiger partial charge in [0.25, 0.3) is 5.91 Å². The lowest BCUT2D eigenvalue weighted by Gasteiger charge is -2.05. The molecule has 0 radical (unpaired) electrons. The monoisotopic (exact) mass is 294 g/mol. The van der Waals surface area contributed by atoms with Crippen molar-refractivity contribution < 1.29 is 4.79 Å². The van der Waals surface area contributed by atoms with E-state index in [0.29, 0.717) is 12.2 Å². The minimum absolute atomic E-state index is 0.0528. The molecular formula is C17H18N4O. The molecule has 0 aliphatic rings. The van der Waals surface area contributed by atoms with Crippen molar-refractivity contribution in [2.45, 2.75) is 6.42 Å². The Labute approximate surface area is 129 Å². The summed E-state index contributed by atoms with van der Waals surface area (Å²) >= 11 is 0. The molecule has 0 saturated carbocycles. The van der Waals surface area contributed by atoms with Crippen molar-refractivity contribution in [1.29, 1.82) is 0 Å². The Kier molecular flexibility index (Phi) is 4.05. The summed E-state index contributed by atoms with van der Waals surface area (Å²) < 4.78 is 3.65. The van der Waals surface area contributed by atoms with Gasteiger partial charge >= 0.3 is 0 Å². The molecule has 22 heavy (non-hydrogen) atoms. The van der Waals surface area contributed by atoms with Gasteiger partial charge in [0.1, 0.15) is 5.69 Å². The molecule has 0 atom stereocenters. The van der Waals surface area contributed by atoms with Crippen LogP contribution in [0.1, 0.15) is 16.1 Å². The minimum Gasteiger partial charge on any atom is -0.350 e. The summed E-state index contributed by atoms with van der Waals surface area (Å²) in [4.78, 5) is 12.0. The van der Waals surface area contributed by atoms with Crippen LogP contribution in [-0.2, 0) is 13.5 Å². The van der Waals surface area contributed by atoms with Gasteiger partial charge in [0.2, 0.25) is 0 Å². The highest BCUT2D eigenvalue weighted by Crippen LogP contribution is 2.08. The summed E-state index contributed by atoms with van der Waals surface area (Å²) in [7, 11) is 1.86. The maximum Gasteiger partial charge on any atom is 0.267 e. The van der Waals surface area contributed by atoms with Crippen molar-refractivity contribution in [3.63, 3.8) is 0 Å². The number of carbonyl (C=O) groups excluding carboxylic acids is 1. The second-order valence-electron chi connectivity index (χ2n) is 5.14. The van der Waals surface area contributed by atoms with Crippen LogP contribution >= 0.6 is 0 Å². The van der Waals surface area contributed by atoms with E-state index in [1.54, 1.807) is 0 Å². The molecule has 0 spiro atoms. The highest BCUT2D eigenvalue weighted by Gasteiger charge is 2.08. The maximum atomic E-state index is 12.0. The lowest BCUT2D eigenvalue weighted by atomic mass is 10.2. The summed E-state index contributed by atoms with van der Waals surface area (Å²) in [6, 6.07) is 13.6. The molecule has 1 N–H and O–H groups in total. The Morgan fingerprint density at radius 3 is 2.73 bits per heavy atom. The summed E-state index contributed by atoms with van der Waals surface area (Å²) in [5.41, 5.74) is 2.79. The smallest absolute Gasteiger partial charge is 0.267 e. The standard InChI is InChI=1S/C17H18N4O/c1-20-11-5-8-16(20)17(22)18-10-9-14-12-19-21(13-14)15-6-3-2-4-7-15/h2-8,11-13H,9-10H2,1H3,(H,18,22). The minimum atomic E-state index is -0.0528. The van der Waals surface area contributed by atoms with Crippen LogP contribution in [0.25, 0.3) is 5.69 Å². The van der Waals surface area contributed by atoms with Crippen LogP contribution < -0.4 is 5.32 Å². The van der Waals surface area contributed by atoms with Crippen LogP contribution in [0, 0.1) is 0 Å². The van der Waals surface area contributed by atoms with Crippen LogP contribution in [0.15, 0.2) is 61.1 Å². The number of aryl methyl sites for hydroxylation is 1. The number of aromatic nitrogens is 3. The first-order valence-corrected chi connectivity index (χ1v) is 7.22. The number of amides is 1. The van der Waals surface area contributed by atoms with Gasteiger partial charge in [-0.3, -0.25) is 4.79 Å². The van der Waals surface area contributed by atoms with Crippen molar-refractivity contribution >= 4 is 5.91 Å². The molecule has 1 aromatic carbocycles. The molecule has 3 rings (SSSR count). The van der Waals surface area contributed by atoms with Crippen LogP contribution in [0.2, 0.25) is 0 Å². The molecule has 0 fully saturated rings. The molecule has 0 saturated heterocycles. The van der Waals surface area contributed by atoms with E-state index < -0.39 is 0 Å². The van der Waals surface area contributed by atoms with Gasteiger partial charge in [0.15, 0.2) is 0 Å². The summed E-state index contributed by atoms with van der Waals surface area (Å²) in [5.74, 6) is -0.0528. The third kappa shape index (κ3) is 3.09. The Bertz CT molecular complexity index is 758. The number of benzene rings is 1. The van der Waals surface area contributed by atoms with Gasteiger partial charge in [-0.25, -0.2) is 4.68 Å². The largest absolute Gasteiger partial charge is 0.350 e. The Hall–Kier alpha value is -2.82. The van der Waals surface area contributed by atoms with Gasteiger partial charge in [-0.15, -0.1) is 0 Å². The Morgan fingerprint density at radius 2 is 2.00 bits per heavy atom. The molecule has 3 aromatic rings. The fourth-order valence-electron chi connectivity index (χ4n) is 2.32. The van der Waals surface area contributed by atoms with Gasteiger partial charge in [-0.05, 0) is 36.2 Å². The molecular weight excluding hydrogens is 276 g/mol. The summed E-state index contributed by atoms with van der Waals surface area (Å²) in [5, 5.41) is 7.27. The van der Waals surface area contributed by atoms with Crippen LogP contribution in [0.3, 0.4) is 0 Å². The lowest BCUT2D eigenvalue weighted by molar-refractivity contribution is 0.0946. The van der Waals surface area contributed by atoms with E-state index in [9.17, 15) is 4.79 Å². The predicted octanol–water partition coefficient (Wildman–Crippen LogP) is 2.18. The normalized spacial score (nSPS) is 10.6. The number of carbonyl (C=O) groups is 1. The zero-order valence-corrected chi connectivity index (χ0v) is 12.4. The second kappa shape index (κ2) is 6.30. The summed E-state index contributed by atoms with van der Waals surface area (Å²) in [6.45, 7) is 0.588. The molecule has 0 aliphatic carbocycles. The fourth-order valence-corrected chi connectivity index (χ4v) is 2.32. The van der Waals surface area contributed by atoms with E-state index in [2.05, 4.69) is 10.4 Å². The number of hydrogen-bond acceptors (Lipinski definition) is 2. The van der Waals surface area contributed by atoms with E-state index >= 15 is 0 Å². The quantitative estimate of drug-likeness (QED) is 0.784.